The Morgan fingerprint density at radius 2 is 1.50 bits per heavy atom. The van der Waals surface area contributed by atoms with Crippen LogP contribution in [-0.2, 0) is 0 Å². The first-order valence-electron chi connectivity index (χ1n) is 8.33. The number of hydrogen-bond acceptors (Lipinski definition) is 3. The molecule has 6 rings (SSSR count). The average molecular weight is 337 g/mol. The van der Waals surface area contributed by atoms with E-state index in [2.05, 4.69) is 15.3 Å². The lowest BCUT2D eigenvalue weighted by Gasteiger charge is -2.09. The lowest BCUT2D eigenvalue weighted by molar-refractivity contribution is 0.0880. The van der Waals surface area contributed by atoms with Gasteiger partial charge in [0, 0.05) is 38.6 Å². The lowest BCUT2D eigenvalue weighted by atomic mass is 9.92. The number of nitrogens with one attached hydrogen (secondary N) is 2. The smallest absolute Gasteiger partial charge is 0.259 e. The number of amides is 2. The normalized spacial score (nSPS) is 13.8. The lowest BCUT2D eigenvalue weighted by Crippen LogP contribution is -2.20. The second-order valence-corrected chi connectivity index (χ2v) is 6.51. The first-order chi connectivity index (χ1) is 12.7. The van der Waals surface area contributed by atoms with Crippen LogP contribution in [-0.4, -0.2) is 21.8 Å². The summed E-state index contributed by atoms with van der Waals surface area (Å²) < 4.78 is 0. The molecular weight excluding hydrogens is 326 g/mol. The molecule has 1 aliphatic rings. The van der Waals surface area contributed by atoms with E-state index in [1.165, 1.54) is 0 Å². The number of rotatable bonds is 0. The van der Waals surface area contributed by atoms with Crippen LogP contribution in [0, 0.1) is 0 Å². The average Bonchev–Trinajstić information content (AvgIpc) is 3.19. The number of aromatic nitrogens is 2. The molecule has 1 aliphatic heterocycles. The van der Waals surface area contributed by atoms with Crippen LogP contribution in [0.4, 0.5) is 0 Å². The van der Waals surface area contributed by atoms with E-state index in [1.807, 2.05) is 48.5 Å². The zero-order valence-corrected chi connectivity index (χ0v) is 13.5. The minimum atomic E-state index is -0.349. The summed E-state index contributed by atoms with van der Waals surface area (Å²) in [5.74, 6) is -0.693. The second-order valence-electron chi connectivity index (χ2n) is 6.51. The summed E-state index contributed by atoms with van der Waals surface area (Å²) in [6.45, 7) is 0. The first-order valence-corrected chi connectivity index (χ1v) is 8.33. The van der Waals surface area contributed by atoms with Gasteiger partial charge < -0.3 is 4.98 Å². The third-order valence-electron chi connectivity index (χ3n) is 5.19. The molecule has 5 nitrogen and oxygen atoms in total. The number of pyridine rings is 1. The van der Waals surface area contributed by atoms with Crippen molar-refractivity contribution in [2.75, 3.05) is 0 Å². The number of benzene rings is 3. The third kappa shape index (κ3) is 1.48. The predicted molar refractivity (Wildman–Crippen MR) is 100 cm³/mol. The van der Waals surface area contributed by atoms with Crippen molar-refractivity contribution in [3.63, 3.8) is 0 Å². The van der Waals surface area contributed by atoms with Crippen molar-refractivity contribution in [2.24, 2.45) is 0 Å². The highest BCUT2D eigenvalue weighted by Gasteiger charge is 2.33. The van der Waals surface area contributed by atoms with Gasteiger partial charge in [0.1, 0.15) is 0 Å². The standard InChI is InChI=1S/C21H11N3O2/c25-20-17-15-10-5-3-9-22-13(10)8-7-12(15)19-16(18(17)21(26)24-20)11-4-1-2-6-14(11)23-19/h1-9,23H,(H,24,25,26). The Labute approximate surface area is 146 Å². The molecule has 0 saturated carbocycles. The minimum absolute atomic E-state index is 0.345. The summed E-state index contributed by atoms with van der Waals surface area (Å²) in [7, 11) is 0. The van der Waals surface area contributed by atoms with E-state index >= 15 is 0 Å². The number of aromatic amines is 1. The van der Waals surface area contributed by atoms with Crippen LogP contribution < -0.4 is 5.32 Å². The molecule has 0 radical (unpaired) electrons. The van der Waals surface area contributed by atoms with E-state index in [-0.39, 0.29) is 11.8 Å². The zero-order chi connectivity index (χ0) is 17.4. The van der Waals surface area contributed by atoms with E-state index in [0.717, 1.165) is 43.5 Å². The summed E-state index contributed by atoms with van der Waals surface area (Å²) in [5.41, 5.74) is 3.50. The molecule has 3 aromatic carbocycles. The molecule has 0 fully saturated rings. The molecule has 0 aliphatic carbocycles. The van der Waals surface area contributed by atoms with Crippen molar-refractivity contribution in [2.45, 2.75) is 0 Å². The van der Waals surface area contributed by atoms with E-state index in [9.17, 15) is 9.59 Å². The van der Waals surface area contributed by atoms with Crippen LogP contribution >= 0.6 is 0 Å². The number of carbonyl (C=O) groups is 2. The fraction of sp³-hybridized carbons (Fsp3) is 0. The van der Waals surface area contributed by atoms with Gasteiger partial charge in [0.15, 0.2) is 0 Å². The summed E-state index contributed by atoms with van der Waals surface area (Å²) >= 11 is 0. The molecule has 5 aromatic rings. The number of nitrogens with zero attached hydrogens (tertiary/aromatic N) is 1. The number of H-pyrrole nitrogens is 1. The number of carbonyl (C=O) groups excluding carboxylic acids is 2. The molecule has 0 bridgehead atoms. The minimum Gasteiger partial charge on any atom is -0.354 e. The van der Waals surface area contributed by atoms with Crippen LogP contribution in [0.2, 0.25) is 0 Å². The Bertz CT molecular complexity index is 1450. The molecule has 0 spiro atoms. The molecule has 5 heteroatoms. The summed E-state index contributed by atoms with van der Waals surface area (Å²) in [6, 6.07) is 15.5. The molecule has 0 atom stereocenters. The van der Waals surface area contributed by atoms with Gasteiger partial charge in [0.2, 0.25) is 0 Å². The Balaban J connectivity index is 2.03. The van der Waals surface area contributed by atoms with Crippen molar-refractivity contribution in [1.29, 1.82) is 0 Å². The number of para-hydroxylation sites is 1. The van der Waals surface area contributed by atoms with Crippen molar-refractivity contribution >= 4 is 55.3 Å². The molecule has 26 heavy (non-hydrogen) atoms. The Hall–Kier alpha value is -3.73. The van der Waals surface area contributed by atoms with Crippen LogP contribution in [0.3, 0.4) is 0 Å². The van der Waals surface area contributed by atoms with E-state index in [0.29, 0.717) is 11.1 Å². The van der Waals surface area contributed by atoms with Gasteiger partial charge in [0.25, 0.3) is 11.8 Å². The first kappa shape index (κ1) is 13.5. The number of fused-ring (bicyclic) bond motifs is 10. The zero-order valence-electron chi connectivity index (χ0n) is 13.5. The van der Waals surface area contributed by atoms with Gasteiger partial charge in [-0.05, 0) is 18.2 Å². The molecule has 2 aromatic heterocycles. The maximum atomic E-state index is 12.7. The largest absolute Gasteiger partial charge is 0.354 e. The second kappa shape index (κ2) is 4.46. The molecule has 3 heterocycles. The van der Waals surface area contributed by atoms with Gasteiger partial charge in [0.05, 0.1) is 22.2 Å². The SMILES string of the molecule is O=C1NC(=O)c2c1c1c3cccnc3ccc1c1[nH]c3ccccc3c21. The van der Waals surface area contributed by atoms with Crippen LogP contribution in [0.5, 0.6) is 0 Å². The molecule has 0 unspecified atom stereocenters. The Morgan fingerprint density at radius 1 is 0.731 bits per heavy atom. The quantitative estimate of drug-likeness (QED) is 0.332. The number of imide groups is 1. The highest BCUT2D eigenvalue weighted by molar-refractivity contribution is 6.39. The third-order valence-corrected chi connectivity index (χ3v) is 5.19. The highest BCUT2D eigenvalue weighted by atomic mass is 16.2. The molecule has 2 amide bonds. The topological polar surface area (TPSA) is 74.8 Å². The predicted octanol–water partition coefficient (Wildman–Crippen LogP) is 3.91. The Morgan fingerprint density at radius 3 is 2.38 bits per heavy atom. The van der Waals surface area contributed by atoms with Crippen LogP contribution in [0.1, 0.15) is 20.7 Å². The molecule has 0 saturated heterocycles. The van der Waals surface area contributed by atoms with E-state index in [4.69, 9.17) is 0 Å². The van der Waals surface area contributed by atoms with Gasteiger partial charge in [-0.15, -0.1) is 0 Å². The molecule has 122 valence electrons. The van der Waals surface area contributed by atoms with Gasteiger partial charge >= 0.3 is 0 Å². The van der Waals surface area contributed by atoms with Crippen LogP contribution in [0.25, 0.3) is 43.5 Å². The van der Waals surface area contributed by atoms with Crippen LogP contribution in [0.15, 0.2) is 54.7 Å². The highest BCUT2D eigenvalue weighted by Crippen LogP contribution is 2.41. The van der Waals surface area contributed by atoms with Gasteiger partial charge in [-0.3, -0.25) is 19.9 Å². The monoisotopic (exact) mass is 337 g/mol. The fourth-order valence-corrected chi connectivity index (χ4v) is 4.17. The van der Waals surface area contributed by atoms with Gasteiger partial charge in [-0.2, -0.15) is 0 Å². The fourth-order valence-electron chi connectivity index (χ4n) is 4.17. The Kier molecular flexibility index (Phi) is 2.32. The maximum absolute atomic E-state index is 12.7. The number of hydrogen-bond donors (Lipinski definition) is 2. The maximum Gasteiger partial charge on any atom is 0.259 e. The van der Waals surface area contributed by atoms with Crippen molar-refractivity contribution in [1.82, 2.24) is 15.3 Å². The molecular formula is C21H11N3O2. The van der Waals surface area contributed by atoms with Crippen molar-refractivity contribution in [3.8, 4) is 0 Å². The summed E-state index contributed by atoms with van der Waals surface area (Å²) in [5, 5.41) is 6.77. The van der Waals surface area contributed by atoms with Gasteiger partial charge in [-0.25, -0.2) is 0 Å². The van der Waals surface area contributed by atoms with E-state index in [1.54, 1.807) is 6.20 Å². The van der Waals surface area contributed by atoms with E-state index < -0.39 is 0 Å². The van der Waals surface area contributed by atoms with Crippen molar-refractivity contribution in [3.05, 3.63) is 65.9 Å². The summed E-state index contributed by atoms with van der Waals surface area (Å²) in [4.78, 5) is 33.2. The van der Waals surface area contributed by atoms with Crippen molar-refractivity contribution < 1.29 is 9.59 Å². The van der Waals surface area contributed by atoms with Gasteiger partial charge in [-0.1, -0.05) is 30.3 Å². The summed E-state index contributed by atoms with van der Waals surface area (Å²) in [6.07, 6.45) is 1.72. The molecule has 2 N–H and O–H groups in total.